The Kier molecular flexibility index (Phi) is 4.71. The van der Waals surface area contributed by atoms with Crippen molar-refractivity contribution in [1.29, 1.82) is 0 Å². The second-order valence-corrected chi connectivity index (χ2v) is 7.88. The highest BCUT2D eigenvalue weighted by Gasteiger charge is 2.24. The van der Waals surface area contributed by atoms with Gasteiger partial charge in [-0.05, 0) is 38.5 Å². The Hall–Kier alpha value is -1.27. The first-order valence-electron chi connectivity index (χ1n) is 6.60. The van der Waals surface area contributed by atoms with Crippen LogP contribution in [0.25, 0.3) is 0 Å². The Bertz CT molecular complexity index is 580. The van der Waals surface area contributed by atoms with Crippen LogP contribution < -0.4 is 10.6 Å². The van der Waals surface area contributed by atoms with Gasteiger partial charge in [0.1, 0.15) is 0 Å². The Labute approximate surface area is 122 Å². The molecule has 114 valence electrons. The van der Waals surface area contributed by atoms with E-state index in [0.717, 1.165) is 12.1 Å². The van der Waals surface area contributed by atoms with Gasteiger partial charge in [0.05, 0.1) is 16.3 Å². The van der Waals surface area contributed by atoms with E-state index < -0.39 is 10.0 Å². The average molecular weight is 299 g/mol. The minimum absolute atomic E-state index is 0.0456. The first-order valence-corrected chi connectivity index (χ1v) is 8.04. The lowest BCUT2D eigenvalue weighted by Gasteiger charge is -2.37. The number of hydrogen-bond acceptors (Lipinski definition) is 4. The Morgan fingerprint density at radius 3 is 2.15 bits per heavy atom. The zero-order chi connectivity index (χ0) is 15.7. The third-order valence-electron chi connectivity index (χ3n) is 3.91. The van der Waals surface area contributed by atoms with Gasteiger partial charge >= 0.3 is 0 Å². The summed E-state index contributed by atoms with van der Waals surface area (Å²) in [6.07, 6.45) is 0.959. The maximum Gasteiger partial charge on any atom is 0.242 e. The molecule has 2 N–H and O–H groups in total. The van der Waals surface area contributed by atoms with Gasteiger partial charge in [-0.25, -0.2) is 12.7 Å². The van der Waals surface area contributed by atoms with Crippen molar-refractivity contribution >= 4 is 21.4 Å². The fourth-order valence-corrected chi connectivity index (χ4v) is 2.71. The summed E-state index contributed by atoms with van der Waals surface area (Å²) in [6.45, 7) is 6.35. The predicted octanol–water partition coefficient (Wildman–Crippen LogP) is 2.14. The molecule has 0 aliphatic heterocycles. The number of rotatable bonds is 5. The summed E-state index contributed by atoms with van der Waals surface area (Å²) in [5.41, 5.74) is 7.31. The fraction of sp³-hybridized carbons (Fsp3) is 0.571. The normalized spacial score (nSPS) is 12.8. The van der Waals surface area contributed by atoms with Crippen molar-refractivity contribution in [2.45, 2.75) is 37.6 Å². The molecule has 0 aromatic heterocycles. The van der Waals surface area contributed by atoms with Gasteiger partial charge < -0.3 is 10.6 Å². The van der Waals surface area contributed by atoms with Gasteiger partial charge in [-0.15, -0.1) is 0 Å². The van der Waals surface area contributed by atoms with Crippen LogP contribution in [-0.4, -0.2) is 39.4 Å². The number of hydrogen-bond donors (Lipinski definition) is 1. The van der Waals surface area contributed by atoms with Crippen LogP contribution in [0.4, 0.5) is 11.4 Å². The van der Waals surface area contributed by atoms with Crippen LogP contribution >= 0.6 is 0 Å². The number of nitrogens with zero attached hydrogens (tertiary/aromatic N) is 2. The van der Waals surface area contributed by atoms with E-state index >= 15 is 0 Å². The van der Waals surface area contributed by atoms with Crippen LogP contribution in [0.5, 0.6) is 0 Å². The molecule has 20 heavy (non-hydrogen) atoms. The summed E-state index contributed by atoms with van der Waals surface area (Å²) >= 11 is 0. The number of sulfonamides is 1. The highest BCUT2D eigenvalue weighted by atomic mass is 32.2. The van der Waals surface area contributed by atoms with E-state index in [-0.39, 0.29) is 10.4 Å². The topological polar surface area (TPSA) is 66.6 Å². The van der Waals surface area contributed by atoms with E-state index in [9.17, 15) is 8.42 Å². The van der Waals surface area contributed by atoms with Gasteiger partial charge in [0.15, 0.2) is 0 Å². The zero-order valence-corrected chi connectivity index (χ0v) is 14.0. The second-order valence-electron chi connectivity index (χ2n) is 5.73. The molecule has 0 unspecified atom stereocenters. The van der Waals surface area contributed by atoms with Gasteiger partial charge in [0.25, 0.3) is 0 Å². The van der Waals surface area contributed by atoms with Gasteiger partial charge in [-0.3, -0.25) is 0 Å². The maximum absolute atomic E-state index is 12.1. The molecule has 0 aliphatic carbocycles. The van der Waals surface area contributed by atoms with Crippen molar-refractivity contribution in [2.75, 3.05) is 31.8 Å². The number of nitrogens with two attached hydrogens (primary N) is 1. The number of benzene rings is 1. The quantitative estimate of drug-likeness (QED) is 0.846. The van der Waals surface area contributed by atoms with Gasteiger partial charge in [-0.1, -0.05) is 6.92 Å². The molecule has 0 heterocycles. The number of nitrogen functional groups attached to an aromatic ring is 1. The van der Waals surface area contributed by atoms with Gasteiger partial charge in [0.2, 0.25) is 10.0 Å². The van der Waals surface area contributed by atoms with Crippen molar-refractivity contribution in [2.24, 2.45) is 0 Å². The second kappa shape index (κ2) is 5.61. The first-order chi connectivity index (χ1) is 9.04. The molecule has 1 aromatic carbocycles. The van der Waals surface area contributed by atoms with Crippen LogP contribution in [-0.2, 0) is 10.0 Å². The minimum atomic E-state index is -3.45. The average Bonchev–Trinajstić information content (AvgIpc) is 2.37. The Morgan fingerprint density at radius 1 is 1.20 bits per heavy atom. The SMILES string of the molecule is CCC(C)(C)N(C)c1ccc(S(=O)(=O)N(C)C)cc1N. The molecule has 0 radical (unpaired) electrons. The van der Waals surface area contributed by atoms with Crippen LogP contribution in [0.3, 0.4) is 0 Å². The summed E-state index contributed by atoms with van der Waals surface area (Å²) in [5.74, 6) is 0. The molecule has 0 aliphatic rings. The monoisotopic (exact) mass is 299 g/mol. The van der Waals surface area contributed by atoms with E-state index in [1.165, 1.54) is 24.5 Å². The van der Waals surface area contributed by atoms with E-state index in [4.69, 9.17) is 5.73 Å². The molecule has 0 amide bonds. The van der Waals surface area contributed by atoms with Crippen molar-refractivity contribution < 1.29 is 8.42 Å². The maximum atomic E-state index is 12.1. The fourth-order valence-electron chi connectivity index (χ4n) is 1.77. The van der Waals surface area contributed by atoms with Crippen molar-refractivity contribution in [3.63, 3.8) is 0 Å². The van der Waals surface area contributed by atoms with Crippen molar-refractivity contribution in [3.05, 3.63) is 18.2 Å². The van der Waals surface area contributed by atoms with Crippen LogP contribution in [0.15, 0.2) is 23.1 Å². The predicted molar refractivity (Wildman–Crippen MR) is 84.5 cm³/mol. The lowest BCUT2D eigenvalue weighted by Crippen LogP contribution is -2.40. The van der Waals surface area contributed by atoms with Gasteiger partial charge in [0, 0.05) is 26.7 Å². The van der Waals surface area contributed by atoms with Crippen molar-refractivity contribution in [3.8, 4) is 0 Å². The highest BCUT2D eigenvalue weighted by Crippen LogP contribution is 2.31. The summed E-state index contributed by atoms with van der Waals surface area (Å²) in [4.78, 5) is 2.29. The smallest absolute Gasteiger partial charge is 0.242 e. The molecule has 0 spiro atoms. The molecule has 0 fully saturated rings. The van der Waals surface area contributed by atoms with Crippen LogP contribution in [0.2, 0.25) is 0 Å². The zero-order valence-electron chi connectivity index (χ0n) is 13.1. The summed E-state index contributed by atoms with van der Waals surface area (Å²) < 4.78 is 25.3. The third-order valence-corrected chi connectivity index (χ3v) is 5.72. The van der Waals surface area contributed by atoms with Crippen LogP contribution in [0.1, 0.15) is 27.2 Å². The molecular weight excluding hydrogens is 274 g/mol. The molecule has 0 atom stereocenters. The Morgan fingerprint density at radius 2 is 1.75 bits per heavy atom. The molecule has 1 rings (SSSR count). The molecule has 0 saturated heterocycles. The summed E-state index contributed by atoms with van der Waals surface area (Å²) in [5, 5.41) is 0. The van der Waals surface area contributed by atoms with E-state index in [1.54, 1.807) is 12.1 Å². The largest absolute Gasteiger partial charge is 0.397 e. The molecule has 5 nitrogen and oxygen atoms in total. The molecule has 0 bridgehead atoms. The third kappa shape index (κ3) is 3.07. The van der Waals surface area contributed by atoms with E-state index in [2.05, 4.69) is 25.7 Å². The molecule has 0 saturated carbocycles. The first kappa shape index (κ1) is 16.8. The summed E-state index contributed by atoms with van der Waals surface area (Å²) in [7, 11) is 1.53. The van der Waals surface area contributed by atoms with E-state index in [0.29, 0.717) is 5.69 Å². The van der Waals surface area contributed by atoms with Gasteiger partial charge in [-0.2, -0.15) is 0 Å². The molecular formula is C14H25N3O2S. The van der Waals surface area contributed by atoms with Crippen LogP contribution in [0, 0.1) is 0 Å². The summed E-state index contributed by atoms with van der Waals surface area (Å²) in [6, 6.07) is 4.89. The van der Waals surface area contributed by atoms with Crippen molar-refractivity contribution in [1.82, 2.24) is 4.31 Å². The lowest BCUT2D eigenvalue weighted by atomic mass is 9.99. The van der Waals surface area contributed by atoms with E-state index in [1.807, 2.05) is 7.05 Å². The number of anilines is 2. The minimum Gasteiger partial charge on any atom is -0.397 e. The lowest BCUT2D eigenvalue weighted by molar-refractivity contribution is 0.471. The standard InChI is InChI=1S/C14H25N3O2S/c1-7-14(2,3)17(6)13-9-8-11(10-12(13)15)20(18,19)16(4)5/h8-10H,7,15H2,1-6H3. The highest BCUT2D eigenvalue weighted by molar-refractivity contribution is 7.89. The molecule has 6 heteroatoms. The molecule has 1 aromatic rings. The Balaban J connectivity index is 3.26.